The number of benzene rings is 2. The highest BCUT2D eigenvalue weighted by atomic mass is 16.5. The SMILES string of the molecule is c1ccc2c(c1)c1ccc3c(c1n2C1CCCCC1)C1CCCCC1N3C1CCC2OC3CCCCC3C2C1. The second-order valence-electron chi connectivity index (χ2n) is 14.2. The lowest BCUT2D eigenvalue weighted by Gasteiger charge is -2.44. The van der Waals surface area contributed by atoms with Crippen LogP contribution >= 0.6 is 0 Å². The van der Waals surface area contributed by atoms with E-state index in [1.54, 1.807) is 16.8 Å². The van der Waals surface area contributed by atoms with Crippen molar-refractivity contribution in [2.75, 3.05) is 4.90 Å². The van der Waals surface area contributed by atoms with Crippen molar-refractivity contribution in [3.05, 3.63) is 42.0 Å². The molecule has 1 saturated heterocycles. The number of hydrogen-bond acceptors (Lipinski definition) is 2. The first-order valence-corrected chi connectivity index (χ1v) is 16.9. The smallest absolute Gasteiger partial charge is 0.0612 e. The maximum Gasteiger partial charge on any atom is 0.0612 e. The van der Waals surface area contributed by atoms with Gasteiger partial charge in [-0.1, -0.05) is 69.2 Å². The minimum absolute atomic E-state index is 0.551. The number of nitrogens with zero attached hydrogens (tertiary/aromatic N) is 2. The average Bonchev–Trinajstić information content (AvgIpc) is 3.65. The van der Waals surface area contributed by atoms with Gasteiger partial charge in [-0.3, -0.25) is 0 Å². The molecule has 4 saturated carbocycles. The molecule has 2 aliphatic heterocycles. The first kappa shape index (κ1) is 23.7. The van der Waals surface area contributed by atoms with E-state index in [2.05, 4.69) is 45.9 Å². The average molecular weight is 523 g/mol. The van der Waals surface area contributed by atoms with Crippen LogP contribution in [0.1, 0.15) is 120 Å². The second kappa shape index (κ2) is 9.26. The first-order chi connectivity index (χ1) is 19.4. The highest BCUT2D eigenvalue weighted by Crippen LogP contribution is 2.56. The van der Waals surface area contributed by atoms with Gasteiger partial charge in [0.25, 0.3) is 0 Å². The van der Waals surface area contributed by atoms with Gasteiger partial charge in [0, 0.05) is 51.6 Å². The molecule has 3 nitrogen and oxygen atoms in total. The van der Waals surface area contributed by atoms with Crippen molar-refractivity contribution in [1.29, 1.82) is 0 Å². The molecule has 0 spiro atoms. The maximum absolute atomic E-state index is 6.71. The third kappa shape index (κ3) is 3.50. The quantitative estimate of drug-likeness (QED) is 0.334. The molecule has 39 heavy (non-hydrogen) atoms. The van der Waals surface area contributed by atoms with Crippen LogP contribution in [0, 0.1) is 11.8 Å². The molecule has 6 aliphatic rings. The summed E-state index contributed by atoms with van der Waals surface area (Å²) in [6, 6.07) is 16.5. The van der Waals surface area contributed by atoms with E-state index in [0.29, 0.717) is 36.3 Å². The van der Waals surface area contributed by atoms with E-state index in [0.717, 1.165) is 11.8 Å². The van der Waals surface area contributed by atoms with Gasteiger partial charge in [0.05, 0.1) is 17.7 Å². The molecule has 0 bridgehead atoms. The Morgan fingerprint density at radius 1 is 0.615 bits per heavy atom. The van der Waals surface area contributed by atoms with Crippen molar-refractivity contribution < 1.29 is 4.74 Å². The van der Waals surface area contributed by atoms with Crippen LogP contribution in [0.5, 0.6) is 0 Å². The number of anilines is 1. The number of hydrogen-bond donors (Lipinski definition) is 0. The van der Waals surface area contributed by atoms with Crippen LogP contribution in [-0.2, 0) is 4.74 Å². The molecule has 4 aliphatic carbocycles. The molecule has 3 heteroatoms. The second-order valence-corrected chi connectivity index (χ2v) is 14.2. The lowest BCUT2D eigenvalue weighted by atomic mass is 9.71. The van der Waals surface area contributed by atoms with Crippen molar-refractivity contribution in [3.63, 3.8) is 0 Å². The Hall–Kier alpha value is -2.00. The fourth-order valence-corrected chi connectivity index (χ4v) is 10.9. The largest absolute Gasteiger partial charge is 0.374 e. The van der Waals surface area contributed by atoms with Crippen molar-refractivity contribution >= 4 is 27.5 Å². The number of rotatable bonds is 2. The highest BCUT2D eigenvalue weighted by molar-refractivity contribution is 6.11. The fourth-order valence-electron chi connectivity index (χ4n) is 10.9. The molecule has 206 valence electrons. The van der Waals surface area contributed by atoms with Gasteiger partial charge in [0.1, 0.15) is 0 Å². The summed E-state index contributed by atoms with van der Waals surface area (Å²) < 4.78 is 9.58. The summed E-state index contributed by atoms with van der Waals surface area (Å²) in [5.41, 5.74) is 6.50. The van der Waals surface area contributed by atoms with Crippen LogP contribution in [0.3, 0.4) is 0 Å². The molecule has 2 aromatic carbocycles. The van der Waals surface area contributed by atoms with Gasteiger partial charge in [0.15, 0.2) is 0 Å². The predicted octanol–water partition coefficient (Wildman–Crippen LogP) is 9.27. The Morgan fingerprint density at radius 2 is 1.41 bits per heavy atom. The van der Waals surface area contributed by atoms with Crippen LogP contribution in [0.25, 0.3) is 21.8 Å². The van der Waals surface area contributed by atoms with Crippen LogP contribution < -0.4 is 4.90 Å². The van der Waals surface area contributed by atoms with E-state index >= 15 is 0 Å². The number of para-hydroxylation sites is 1. The van der Waals surface area contributed by atoms with Gasteiger partial charge in [0.2, 0.25) is 0 Å². The zero-order valence-electron chi connectivity index (χ0n) is 23.7. The molecule has 7 unspecified atom stereocenters. The molecule has 0 radical (unpaired) electrons. The van der Waals surface area contributed by atoms with Crippen LogP contribution in [0.4, 0.5) is 5.69 Å². The third-order valence-corrected chi connectivity index (χ3v) is 12.4. The van der Waals surface area contributed by atoms with Crippen molar-refractivity contribution in [2.24, 2.45) is 11.8 Å². The number of ether oxygens (including phenoxy) is 1. The highest BCUT2D eigenvalue weighted by Gasteiger charge is 2.51. The monoisotopic (exact) mass is 522 g/mol. The third-order valence-electron chi connectivity index (χ3n) is 12.4. The predicted molar refractivity (Wildman–Crippen MR) is 161 cm³/mol. The lowest BCUT2D eigenvalue weighted by molar-refractivity contribution is 0.00388. The van der Waals surface area contributed by atoms with E-state index in [-0.39, 0.29) is 0 Å². The Labute approximate surface area is 234 Å². The summed E-state index contributed by atoms with van der Waals surface area (Å²) >= 11 is 0. The fraction of sp³-hybridized carbons (Fsp3) is 0.667. The molecule has 1 aromatic heterocycles. The first-order valence-electron chi connectivity index (χ1n) is 16.9. The zero-order chi connectivity index (χ0) is 25.5. The van der Waals surface area contributed by atoms with Gasteiger partial charge in [-0.25, -0.2) is 0 Å². The van der Waals surface area contributed by atoms with E-state index in [1.807, 2.05) is 0 Å². The number of aromatic nitrogens is 1. The van der Waals surface area contributed by atoms with E-state index < -0.39 is 0 Å². The van der Waals surface area contributed by atoms with Gasteiger partial charge in [-0.15, -0.1) is 0 Å². The number of fused-ring (bicyclic) bond motifs is 10. The Kier molecular flexibility index (Phi) is 5.62. The Bertz CT molecular complexity index is 1380. The summed E-state index contributed by atoms with van der Waals surface area (Å²) in [5.74, 6) is 2.36. The van der Waals surface area contributed by atoms with E-state index in [9.17, 15) is 0 Å². The minimum Gasteiger partial charge on any atom is -0.374 e. The van der Waals surface area contributed by atoms with E-state index in [1.165, 1.54) is 119 Å². The lowest BCUT2D eigenvalue weighted by Crippen LogP contribution is -2.48. The van der Waals surface area contributed by atoms with Gasteiger partial charge in [-0.05, 0) is 81.8 Å². The summed E-state index contributed by atoms with van der Waals surface area (Å²) in [5, 5.41) is 3.01. The van der Waals surface area contributed by atoms with E-state index in [4.69, 9.17) is 4.74 Å². The molecular weight excluding hydrogens is 476 g/mol. The molecule has 0 amide bonds. The van der Waals surface area contributed by atoms with Crippen LogP contribution in [0.15, 0.2) is 36.4 Å². The van der Waals surface area contributed by atoms with Gasteiger partial charge >= 0.3 is 0 Å². The molecule has 9 rings (SSSR count). The molecule has 3 heterocycles. The Balaban J connectivity index is 1.18. The van der Waals surface area contributed by atoms with Crippen molar-refractivity contribution in [1.82, 2.24) is 4.57 Å². The normalized spacial score (nSPS) is 36.6. The summed E-state index contributed by atoms with van der Waals surface area (Å²) in [6.07, 6.45) is 23.2. The molecule has 5 fully saturated rings. The molecule has 7 atom stereocenters. The summed E-state index contributed by atoms with van der Waals surface area (Å²) in [4.78, 5) is 3.04. The molecule has 3 aromatic rings. The summed E-state index contributed by atoms with van der Waals surface area (Å²) in [7, 11) is 0. The molecule has 0 N–H and O–H groups in total. The standard InChI is InChI=1S/C36H46N2O/c1-2-10-23(11-3-1)38-30-15-7-4-12-25(30)27-19-20-32-35(36(27)38)28-14-5-8-16-31(28)37(32)24-18-21-34-29(22-24)26-13-6-9-17-33(26)39-34/h4,7,12,15,19-20,23-24,26,28-29,31,33-34H,1-3,5-6,8-11,13-14,16-18,21-22H2. The zero-order valence-corrected chi connectivity index (χ0v) is 23.7. The van der Waals surface area contributed by atoms with Crippen LogP contribution in [-0.4, -0.2) is 28.9 Å². The minimum atomic E-state index is 0.551. The van der Waals surface area contributed by atoms with Crippen molar-refractivity contribution in [3.8, 4) is 0 Å². The van der Waals surface area contributed by atoms with Gasteiger partial charge < -0.3 is 14.2 Å². The topological polar surface area (TPSA) is 17.4 Å². The Morgan fingerprint density at radius 3 is 2.36 bits per heavy atom. The van der Waals surface area contributed by atoms with Crippen molar-refractivity contribution in [2.45, 2.75) is 139 Å². The molecular formula is C36H46N2O. The van der Waals surface area contributed by atoms with Crippen LogP contribution in [0.2, 0.25) is 0 Å². The van der Waals surface area contributed by atoms with Gasteiger partial charge in [-0.2, -0.15) is 0 Å². The maximum atomic E-state index is 6.71. The summed E-state index contributed by atoms with van der Waals surface area (Å²) in [6.45, 7) is 0.